The molecule has 1 N–H and O–H groups in total. The summed E-state index contributed by atoms with van der Waals surface area (Å²) in [5, 5.41) is 9.38. The molecule has 0 aromatic heterocycles. The molecule has 0 saturated heterocycles. The molecular weight excluding hydrogens is 272 g/mol. The molecule has 1 atom stereocenters. The van der Waals surface area contributed by atoms with Crippen molar-refractivity contribution in [2.24, 2.45) is 10.8 Å². The summed E-state index contributed by atoms with van der Waals surface area (Å²) >= 11 is 0. The molecule has 0 unspecified atom stereocenters. The molecule has 0 aliphatic heterocycles. The van der Waals surface area contributed by atoms with Crippen LogP contribution >= 0.6 is 0 Å². The second-order valence-corrected chi connectivity index (χ2v) is 8.04. The van der Waals surface area contributed by atoms with Crippen molar-refractivity contribution in [2.45, 2.75) is 73.6 Å². The first-order chi connectivity index (χ1) is 10.1. The molecule has 0 fully saturated rings. The molecule has 1 aromatic carbocycles. The van der Waals surface area contributed by atoms with Crippen LogP contribution in [0.3, 0.4) is 0 Å². The summed E-state index contributed by atoms with van der Waals surface area (Å²) in [5.74, 6) is -0.685. The average Bonchev–Trinajstić information content (AvgIpc) is 2.43. The maximum atomic E-state index is 11.4. The van der Waals surface area contributed by atoms with E-state index in [0.29, 0.717) is 18.3 Å². The molecule has 22 heavy (non-hydrogen) atoms. The Morgan fingerprint density at radius 3 is 2.23 bits per heavy atom. The summed E-state index contributed by atoms with van der Waals surface area (Å²) < 4.78 is 0. The Hall–Kier alpha value is -1.31. The van der Waals surface area contributed by atoms with Crippen LogP contribution in [0.5, 0.6) is 0 Å². The van der Waals surface area contributed by atoms with E-state index in [4.69, 9.17) is 0 Å². The number of aryl methyl sites for hydroxylation is 3. The Morgan fingerprint density at radius 2 is 1.73 bits per heavy atom. The highest BCUT2D eigenvalue weighted by molar-refractivity contribution is 5.74. The van der Waals surface area contributed by atoms with Crippen LogP contribution in [0.25, 0.3) is 0 Å². The number of hydrogen-bond acceptors (Lipinski definition) is 1. The lowest BCUT2D eigenvalue weighted by molar-refractivity contribution is -0.148. The Labute approximate surface area is 135 Å². The number of benzene rings is 1. The van der Waals surface area contributed by atoms with Crippen LogP contribution in [0.15, 0.2) is 18.2 Å². The van der Waals surface area contributed by atoms with Crippen LogP contribution in [0.1, 0.15) is 70.6 Å². The Balaban J connectivity index is 2.79. The van der Waals surface area contributed by atoms with Gasteiger partial charge in [0.25, 0.3) is 0 Å². The van der Waals surface area contributed by atoms with Crippen molar-refractivity contribution in [2.75, 3.05) is 0 Å². The third-order valence-electron chi connectivity index (χ3n) is 4.82. The highest BCUT2D eigenvalue weighted by Gasteiger charge is 2.30. The minimum Gasteiger partial charge on any atom is -0.481 e. The second-order valence-electron chi connectivity index (χ2n) is 8.04. The van der Waals surface area contributed by atoms with E-state index in [-0.39, 0.29) is 0 Å². The van der Waals surface area contributed by atoms with Crippen LogP contribution in [0.4, 0.5) is 0 Å². The van der Waals surface area contributed by atoms with Crippen molar-refractivity contribution in [3.05, 3.63) is 34.9 Å². The Kier molecular flexibility index (Phi) is 6.22. The van der Waals surface area contributed by atoms with E-state index in [1.165, 1.54) is 23.1 Å². The number of carboxylic acids is 1. The van der Waals surface area contributed by atoms with Gasteiger partial charge in [-0.05, 0) is 68.1 Å². The summed E-state index contributed by atoms with van der Waals surface area (Å²) in [7, 11) is 0. The zero-order chi connectivity index (χ0) is 17.0. The number of aliphatic carboxylic acids is 1. The zero-order valence-corrected chi connectivity index (χ0v) is 15.1. The topological polar surface area (TPSA) is 37.3 Å². The van der Waals surface area contributed by atoms with Gasteiger partial charge >= 0.3 is 5.97 Å². The van der Waals surface area contributed by atoms with Crippen molar-refractivity contribution in [1.29, 1.82) is 0 Å². The molecule has 0 saturated carbocycles. The summed E-state index contributed by atoms with van der Waals surface area (Å²) in [6, 6.07) is 6.60. The molecule has 0 aliphatic carbocycles. The SMILES string of the molecule is CC[C@](C)(CCc1ccc(C)c(CCC(C)(C)C)c1)C(=O)O. The predicted octanol–water partition coefficient (Wildman–Crippen LogP) is 5.41. The van der Waals surface area contributed by atoms with E-state index >= 15 is 0 Å². The van der Waals surface area contributed by atoms with Crippen LogP contribution in [-0.4, -0.2) is 11.1 Å². The molecule has 0 spiro atoms. The van der Waals surface area contributed by atoms with Crippen molar-refractivity contribution in [3.8, 4) is 0 Å². The van der Waals surface area contributed by atoms with E-state index in [9.17, 15) is 9.90 Å². The quantitative estimate of drug-likeness (QED) is 0.731. The fourth-order valence-electron chi connectivity index (χ4n) is 2.51. The Bertz CT molecular complexity index is 511. The lowest BCUT2D eigenvalue weighted by Gasteiger charge is -2.23. The smallest absolute Gasteiger partial charge is 0.309 e. The van der Waals surface area contributed by atoms with Gasteiger partial charge in [0.2, 0.25) is 0 Å². The first kappa shape index (κ1) is 18.7. The molecule has 0 bridgehead atoms. The van der Waals surface area contributed by atoms with E-state index in [1.54, 1.807) is 0 Å². The van der Waals surface area contributed by atoms with Gasteiger partial charge in [-0.2, -0.15) is 0 Å². The fraction of sp³-hybridized carbons (Fsp3) is 0.650. The molecular formula is C20H32O2. The first-order valence-corrected chi connectivity index (χ1v) is 8.39. The van der Waals surface area contributed by atoms with Gasteiger partial charge in [-0.25, -0.2) is 0 Å². The highest BCUT2D eigenvalue weighted by atomic mass is 16.4. The second kappa shape index (κ2) is 7.30. The van der Waals surface area contributed by atoms with E-state index in [0.717, 1.165) is 12.8 Å². The number of rotatable bonds is 7. The third-order valence-corrected chi connectivity index (χ3v) is 4.82. The number of carboxylic acid groups (broad SMARTS) is 1. The van der Waals surface area contributed by atoms with E-state index in [1.807, 2.05) is 13.8 Å². The Morgan fingerprint density at radius 1 is 1.09 bits per heavy atom. The molecule has 0 aliphatic rings. The van der Waals surface area contributed by atoms with Gasteiger partial charge < -0.3 is 5.11 Å². The van der Waals surface area contributed by atoms with Crippen LogP contribution in [-0.2, 0) is 17.6 Å². The number of carbonyl (C=O) groups is 1. The van der Waals surface area contributed by atoms with Gasteiger partial charge in [0.1, 0.15) is 0 Å². The van der Waals surface area contributed by atoms with Gasteiger partial charge in [0.05, 0.1) is 5.41 Å². The maximum Gasteiger partial charge on any atom is 0.309 e. The summed E-state index contributed by atoms with van der Waals surface area (Å²) in [5.41, 5.74) is 3.73. The minimum absolute atomic E-state index is 0.340. The van der Waals surface area contributed by atoms with Crippen molar-refractivity contribution < 1.29 is 9.90 Å². The minimum atomic E-state index is -0.685. The normalized spacial score (nSPS) is 14.6. The van der Waals surface area contributed by atoms with E-state index < -0.39 is 11.4 Å². The third kappa shape index (κ3) is 5.47. The van der Waals surface area contributed by atoms with Gasteiger partial charge in [-0.15, -0.1) is 0 Å². The summed E-state index contributed by atoms with van der Waals surface area (Å²) in [6.45, 7) is 12.8. The van der Waals surface area contributed by atoms with Crippen LogP contribution < -0.4 is 0 Å². The largest absolute Gasteiger partial charge is 0.481 e. The van der Waals surface area contributed by atoms with Crippen molar-refractivity contribution >= 4 is 5.97 Å². The molecule has 0 radical (unpaired) electrons. The molecule has 1 rings (SSSR count). The molecule has 2 heteroatoms. The first-order valence-electron chi connectivity index (χ1n) is 8.39. The molecule has 0 heterocycles. The molecule has 2 nitrogen and oxygen atoms in total. The predicted molar refractivity (Wildman–Crippen MR) is 93.3 cm³/mol. The fourth-order valence-corrected chi connectivity index (χ4v) is 2.51. The van der Waals surface area contributed by atoms with Crippen molar-refractivity contribution in [1.82, 2.24) is 0 Å². The zero-order valence-electron chi connectivity index (χ0n) is 15.1. The van der Waals surface area contributed by atoms with E-state index in [2.05, 4.69) is 45.9 Å². The lowest BCUT2D eigenvalue weighted by Crippen LogP contribution is -2.27. The van der Waals surface area contributed by atoms with Gasteiger partial charge in [0.15, 0.2) is 0 Å². The highest BCUT2D eigenvalue weighted by Crippen LogP contribution is 2.29. The van der Waals surface area contributed by atoms with Gasteiger partial charge in [-0.1, -0.05) is 45.9 Å². The van der Waals surface area contributed by atoms with Gasteiger partial charge in [-0.3, -0.25) is 4.79 Å². The van der Waals surface area contributed by atoms with Crippen LogP contribution in [0.2, 0.25) is 0 Å². The standard InChI is InChI=1S/C20H32O2/c1-7-20(6,18(21)22)13-10-16-9-8-15(2)17(14-16)11-12-19(3,4)5/h8-9,14H,7,10-13H2,1-6H3,(H,21,22)/t20-/m1/s1. The summed E-state index contributed by atoms with van der Waals surface area (Å²) in [6.07, 6.45) is 4.46. The average molecular weight is 304 g/mol. The molecule has 124 valence electrons. The lowest BCUT2D eigenvalue weighted by atomic mass is 9.81. The summed E-state index contributed by atoms with van der Waals surface area (Å²) in [4.78, 5) is 11.4. The molecule has 1 aromatic rings. The van der Waals surface area contributed by atoms with Crippen LogP contribution in [0, 0.1) is 17.8 Å². The molecule has 0 amide bonds. The monoisotopic (exact) mass is 304 g/mol. The number of hydrogen-bond donors (Lipinski definition) is 1. The van der Waals surface area contributed by atoms with Gasteiger partial charge in [0, 0.05) is 0 Å². The van der Waals surface area contributed by atoms with Crippen molar-refractivity contribution in [3.63, 3.8) is 0 Å². The maximum absolute atomic E-state index is 11.4.